The molecule has 2 aromatic rings. The number of hydrogen-bond acceptors (Lipinski definition) is 5. The second-order valence-corrected chi connectivity index (χ2v) is 2.83. The van der Waals surface area contributed by atoms with Crippen molar-refractivity contribution in [2.45, 2.75) is 6.92 Å². The zero-order chi connectivity index (χ0) is 7.68. The molecule has 0 bridgehead atoms. The average Bonchev–Trinajstić information content (AvgIpc) is 2.55. The highest BCUT2D eigenvalue weighted by Crippen LogP contribution is 2.09. The van der Waals surface area contributed by atoms with Gasteiger partial charge < -0.3 is 0 Å². The zero-order valence-corrected chi connectivity index (χ0v) is 7.84. The Bertz CT molecular complexity index is 342. The van der Waals surface area contributed by atoms with Crippen LogP contribution in [0.25, 0.3) is 5.13 Å². The van der Waals surface area contributed by atoms with Crippen LogP contribution in [0.3, 0.4) is 0 Å². The third kappa shape index (κ3) is 1.44. The molecule has 0 radical (unpaired) electrons. The number of rotatable bonds is 1. The second kappa shape index (κ2) is 3.59. The van der Waals surface area contributed by atoms with Crippen LogP contribution < -0.4 is 0 Å². The number of hydrogen-bond donors (Lipinski definition) is 0. The Morgan fingerprint density at radius 2 is 2.33 bits per heavy atom. The minimum absolute atomic E-state index is 0. The van der Waals surface area contributed by atoms with Crippen molar-refractivity contribution < 1.29 is 0 Å². The second-order valence-electron chi connectivity index (χ2n) is 1.95. The summed E-state index contributed by atoms with van der Waals surface area (Å²) in [7, 11) is 0. The van der Waals surface area contributed by atoms with Gasteiger partial charge in [-0.05, 0) is 17.4 Å². The summed E-state index contributed by atoms with van der Waals surface area (Å²) in [5, 5.41) is 13.7. The van der Waals surface area contributed by atoms with Crippen LogP contribution in [0.4, 0.5) is 0 Å². The molecule has 0 unspecified atom stereocenters. The van der Waals surface area contributed by atoms with Crippen LogP contribution in [0.2, 0.25) is 0 Å². The van der Waals surface area contributed by atoms with Gasteiger partial charge in [-0.15, -0.1) is 28.8 Å². The maximum atomic E-state index is 4.06. The summed E-state index contributed by atoms with van der Waals surface area (Å²) in [4.78, 5) is 4.06. The number of aryl methyl sites for hydroxylation is 1. The van der Waals surface area contributed by atoms with Crippen LogP contribution in [0.5, 0.6) is 0 Å². The predicted octanol–water partition coefficient (Wildman–Crippen LogP) is 0.849. The maximum absolute atomic E-state index is 4.06. The van der Waals surface area contributed by atoms with E-state index in [1.165, 1.54) is 11.3 Å². The molecule has 7 heteroatoms. The fraction of sp³-hybridized carbons (Fsp3) is 0.200. The first-order valence-corrected chi connectivity index (χ1v) is 3.91. The van der Waals surface area contributed by atoms with Gasteiger partial charge in [0.2, 0.25) is 5.13 Å². The molecule has 0 aliphatic rings. The van der Waals surface area contributed by atoms with Crippen molar-refractivity contribution in [3.8, 4) is 5.13 Å². The topological polar surface area (TPSA) is 56.5 Å². The van der Waals surface area contributed by atoms with Crippen LogP contribution in [-0.2, 0) is 0 Å². The molecule has 0 saturated carbocycles. The predicted molar refractivity (Wildman–Crippen MR) is 46.8 cm³/mol. The largest absolute Gasteiger partial charge is 0.227 e. The van der Waals surface area contributed by atoms with E-state index in [9.17, 15) is 0 Å². The molecule has 0 saturated heterocycles. The van der Waals surface area contributed by atoms with Crippen LogP contribution in [-0.4, -0.2) is 25.2 Å². The molecule has 0 atom stereocenters. The molecule has 0 N–H and O–H groups in total. The first kappa shape index (κ1) is 9.08. The summed E-state index contributed by atoms with van der Waals surface area (Å²) < 4.78 is 1.60. The van der Waals surface area contributed by atoms with E-state index in [1.807, 2.05) is 12.3 Å². The molecule has 12 heavy (non-hydrogen) atoms. The quantitative estimate of drug-likeness (QED) is 0.690. The smallest absolute Gasteiger partial charge is 0.213 e. The standard InChI is InChI=1S/C5H5N5S.ClH/c1-4-7-8-9-10(4)5-6-2-3-11-5;/h2-3H,1H3;1H. The van der Waals surface area contributed by atoms with E-state index in [-0.39, 0.29) is 12.4 Å². The SMILES string of the molecule is Cc1nnnn1-c1nccs1.Cl. The normalized spacial score (nSPS) is 9.42. The summed E-state index contributed by atoms with van der Waals surface area (Å²) in [5.41, 5.74) is 0. The lowest BCUT2D eigenvalue weighted by atomic mass is 10.7. The van der Waals surface area contributed by atoms with Gasteiger partial charge in [-0.3, -0.25) is 0 Å². The Morgan fingerprint density at radius 1 is 1.50 bits per heavy atom. The van der Waals surface area contributed by atoms with Gasteiger partial charge in [-0.25, -0.2) is 4.98 Å². The van der Waals surface area contributed by atoms with E-state index in [0.717, 1.165) is 11.0 Å². The van der Waals surface area contributed by atoms with Gasteiger partial charge in [0, 0.05) is 11.6 Å². The van der Waals surface area contributed by atoms with E-state index >= 15 is 0 Å². The number of thiazole rings is 1. The van der Waals surface area contributed by atoms with Crippen molar-refractivity contribution in [1.29, 1.82) is 0 Å². The molecular formula is C5H6ClN5S. The minimum atomic E-state index is 0. The van der Waals surface area contributed by atoms with Crippen molar-refractivity contribution >= 4 is 23.7 Å². The van der Waals surface area contributed by atoms with Crippen molar-refractivity contribution in [2.75, 3.05) is 0 Å². The van der Waals surface area contributed by atoms with Gasteiger partial charge >= 0.3 is 0 Å². The first-order chi connectivity index (χ1) is 5.38. The van der Waals surface area contributed by atoms with E-state index in [0.29, 0.717) is 0 Å². The van der Waals surface area contributed by atoms with Gasteiger partial charge in [-0.1, -0.05) is 0 Å². The highest BCUT2D eigenvalue weighted by atomic mass is 35.5. The highest BCUT2D eigenvalue weighted by molar-refractivity contribution is 7.12. The summed E-state index contributed by atoms with van der Waals surface area (Å²) >= 11 is 1.50. The number of nitrogens with zero attached hydrogens (tertiary/aromatic N) is 5. The summed E-state index contributed by atoms with van der Waals surface area (Å²) in [6.45, 7) is 1.83. The molecule has 0 aliphatic heterocycles. The minimum Gasteiger partial charge on any atom is -0.227 e. The Kier molecular flexibility index (Phi) is 2.72. The van der Waals surface area contributed by atoms with E-state index in [1.54, 1.807) is 10.9 Å². The molecule has 0 spiro atoms. The van der Waals surface area contributed by atoms with Crippen LogP contribution in [0, 0.1) is 6.92 Å². The Labute approximate surface area is 78.8 Å². The lowest BCUT2D eigenvalue weighted by Crippen LogP contribution is -1.97. The number of halogens is 1. The molecule has 5 nitrogen and oxygen atoms in total. The Hall–Kier alpha value is -1.01. The summed E-state index contributed by atoms with van der Waals surface area (Å²) in [5.74, 6) is 0.750. The first-order valence-electron chi connectivity index (χ1n) is 3.03. The van der Waals surface area contributed by atoms with Crippen molar-refractivity contribution in [2.24, 2.45) is 0 Å². The van der Waals surface area contributed by atoms with Crippen molar-refractivity contribution in [1.82, 2.24) is 25.2 Å². The highest BCUT2D eigenvalue weighted by Gasteiger charge is 2.03. The summed E-state index contributed by atoms with van der Waals surface area (Å²) in [6, 6.07) is 0. The molecule has 2 rings (SSSR count). The summed E-state index contributed by atoms with van der Waals surface area (Å²) in [6.07, 6.45) is 1.72. The van der Waals surface area contributed by atoms with E-state index < -0.39 is 0 Å². The molecule has 64 valence electrons. The Morgan fingerprint density at radius 3 is 2.83 bits per heavy atom. The molecule has 0 fully saturated rings. The lowest BCUT2D eigenvalue weighted by molar-refractivity contribution is 0.774. The monoisotopic (exact) mass is 203 g/mol. The third-order valence-electron chi connectivity index (χ3n) is 1.23. The average molecular weight is 204 g/mol. The van der Waals surface area contributed by atoms with Crippen molar-refractivity contribution in [3.63, 3.8) is 0 Å². The fourth-order valence-electron chi connectivity index (χ4n) is 0.729. The van der Waals surface area contributed by atoms with Gasteiger partial charge in [0.1, 0.15) is 0 Å². The molecule has 2 aromatic heterocycles. The van der Waals surface area contributed by atoms with Crippen LogP contribution in [0.1, 0.15) is 5.82 Å². The molecule has 0 amide bonds. The van der Waals surface area contributed by atoms with E-state index in [4.69, 9.17) is 0 Å². The van der Waals surface area contributed by atoms with Gasteiger partial charge in [0.15, 0.2) is 5.82 Å². The molecule has 0 aromatic carbocycles. The lowest BCUT2D eigenvalue weighted by Gasteiger charge is -1.91. The fourth-order valence-corrected chi connectivity index (χ4v) is 1.36. The van der Waals surface area contributed by atoms with Gasteiger partial charge in [-0.2, -0.15) is 4.68 Å². The zero-order valence-electron chi connectivity index (χ0n) is 6.21. The van der Waals surface area contributed by atoms with Gasteiger partial charge in [0.05, 0.1) is 0 Å². The van der Waals surface area contributed by atoms with Crippen molar-refractivity contribution in [3.05, 3.63) is 17.4 Å². The van der Waals surface area contributed by atoms with E-state index in [2.05, 4.69) is 20.5 Å². The number of tetrazole rings is 1. The molecule has 0 aliphatic carbocycles. The Balaban J connectivity index is 0.000000720. The van der Waals surface area contributed by atoms with Crippen LogP contribution >= 0.6 is 23.7 Å². The molecular weight excluding hydrogens is 198 g/mol. The number of aromatic nitrogens is 5. The molecule has 2 heterocycles. The van der Waals surface area contributed by atoms with Crippen LogP contribution in [0.15, 0.2) is 11.6 Å². The third-order valence-corrected chi connectivity index (χ3v) is 1.97. The van der Waals surface area contributed by atoms with Gasteiger partial charge in [0.25, 0.3) is 0 Å². The maximum Gasteiger partial charge on any atom is 0.213 e.